The predicted molar refractivity (Wildman–Crippen MR) is 91.7 cm³/mol. The summed E-state index contributed by atoms with van der Waals surface area (Å²) in [5.41, 5.74) is 8.28. The number of nitrogen functional groups attached to an aromatic ring is 1. The van der Waals surface area contributed by atoms with Gasteiger partial charge in [-0.05, 0) is 47.3 Å². The molecule has 1 aliphatic carbocycles. The molecule has 112 valence electrons. The fourth-order valence-corrected chi connectivity index (χ4v) is 3.04. The summed E-state index contributed by atoms with van der Waals surface area (Å²) in [6.07, 6.45) is 4.74. The van der Waals surface area contributed by atoms with Gasteiger partial charge < -0.3 is 10.3 Å². The summed E-state index contributed by atoms with van der Waals surface area (Å²) in [6, 6.07) is 5.84. The van der Waals surface area contributed by atoms with Crippen LogP contribution in [0.4, 0.5) is 5.82 Å². The molecular weight excluding hydrogens is 350 g/mol. The van der Waals surface area contributed by atoms with Crippen LogP contribution in [0.2, 0.25) is 5.02 Å². The molecule has 2 aromatic rings. The van der Waals surface area contributed by atoms with Crippen molar-refractivity contribution in [1.82, 2.24) is 9.55 Å². The standard InChI is InChI=1S/C16H19BrClN3/c1-2-3-8-21-15(19)14(20-16(21)10-4-5-10)11-6-7-13(18)12(17)9-11/h6-7,9-10H,2-5,8,19H2,1H3. The average Bonchev–Trinajstić information content (AvgIpc) is 3.25. The first-order valence-electron chi connectivity index (χ1n) is 7.43. The molecular formula is C16H19BrClN3. The second-order valence-corrected chi connectivity index (χ2v) is 6.87. The summed E-state index contributed by atoms with van der Waals surface area (Å²) in [5.74, 6) is 2.52. The molecule has 0 aliphatic heterocycles. The van der Waals surface area contributed by atoms with E-state index < -0.39 is 0 Å². The first kappa shape index (κ1) is 14.9. The molecule has 0 unspecified atom stereocenters. The van der Waals surface area contributed by atoms with Gasteiger partial charge in [0.2, 0.25) is 0 Å². The van der Waals surface area contributed by atoms with Gasteiger partial charge in [-0.1, -0.05) is 31.0 Å². The van der Waals surface area contributed by atoms with Gasteiger partial charge in [-0.15, -0.1) is 0 Å². The van der Waals surface area contributed by atoms with Gasteiger partial charge in [0.05, 0.1) is 5.02 Å². The Balaban J connectivity index is 2.03. The molecule has 1 aromatic heterocycles. The highest BCUT2D eigenvalue weighted by atomic mass is 79.9. The van der Waals surface area contributed by atoms with Crippen LogP contribution in [-0.4, -0.2) is 9.55 Å². The molecule has 0 amide bonds. The maximum absolute atomic E-state index is 6.38. The normalized spacial score (nSPS) is 14.6. The Morgan fingerprint density at radius 2 is 2.19 bits per heavy atom. The lowest BCUT2D eigenvalue weighted by Crippen LogP contribution is -2.06. The zero-order valence-electron chi connectivity index (χ0n) is 12.1. The quantitative estimate of drug-likeness (QED) is 0.785. The third-order valence-electron chi connectivity index (χ3n) is 3.91. The maximum Gasteiger partial charge on any atom is 0.131 e. The molecule has 3 rings (SSSR count). The van der Waals surface area contributed by atoms with Crippen LogP contribution in [0.3, 0.4) is 0 Å². The van der Waals surface area contributed by atoms with Crippen molar-refractivity contribution in [3.8, 4) is 11.3 Å². The molecule has 1 aromatic carbocycles. The van der Waals surface area contributed by atoms with E-state index >= 15 is 0 Å². The summed E-state index contributed by atoms with van der Waals surface area (Å²) in [4.78, 5) is 4.84. The minimum atomic E-state index is 0.591. The lowest BCUT2D eigenvalue weighted by atomic mass is 10.1. The summed E-state index contributed by atoms with van der Waals surface area (Å²) in [7, 11) is 0. The van der Waals surface area contributed by atoms with Gasteiger partial charge in [0.1, 0.15) is 17.3 Å². The number of anilines is 1. The Morgan fingerprint density at radius 1 is 1.43 bits per heavy atom. The highest BCUT2D eigenvalue weighted by Gasteiger charge is 2.30. The molecule has 1 heterocycles. The minimum absolute atomic E-state index is 0.591. The molecule has 1 aliphatic rings. The first-order valence-corrected chi connectivity index (χ1v) is 8.60. The second-order valence-electron chi connectivity index (χ2n) is 5.61. The average molecular weight is 369 g/mol. The summed E-state index contributed by atoms with van der Waals surface area (Å²) in [6.45, 7) is 3.15. The van der Waals surface area contributed by atoms with Crippen molar-refractivity contribution in [2.75, 3.05) is 5.73 Å². The lowest BCUT2D eigenvalue weighted by Gasteiger charge is -2.08. The van der Waals surface area contributed by atoms with E-state index in [9.17, 15) is 0 Å². The van der Waals surface area contributed by atoms with Crippen LogP contribution in [0.25, 0.3) is 11.3 Å². The number of hydrogen-bond donors (Lipinski definition) is 1. The van der Waals surface area contributed by atoms with E-state index in [4.69, 9.17) is 22.3 Å². The van der Waals surface area contributed by atoms with Crippen LogP contribution >= 0.6 is 27.5 Å². The topological polar surface area (TPSA) is 43.8 Å². The molecule has 1 fully saturated rings. The number of halogens is 2. The highest BCUT2D eigenvalue weighted by molar-refractivity contribution is 9.10. The van der Waals surface area contributed by atoms with E-state index in [1.807, 2.05) is 18.2 Å². The van der Waals surface area contributed by atoms with E-state index in [1.54, 1.807) is 0 Å². The first-order chi connectivity index (χ1) is 10.1. The van der Waals surface area contributed by atoms with E-state index in [1.165, 1.54) is 12.8 Å². The zero-order chi connectivity index (χ0) is 15.0. The van der Waals surface area contributed by atoms with E-state index in [0.29, 0.717) is 10.9 Å². The fraction of sp³-hybridized carbons (Fsp3) is 0.438. The Labute approximate surface area is 138 Å². The number of unbranched alkanes of at least 4 members (excludes halogenated alkanes) is 1. The van der Waals surface area contributed by atoms with Crippen LogP contribution < -0.4 is 5.73 Å². The van der Waals surface area contributed by atoms with Crippen molar-refractivity contribution in [3.63, 3.8) is 0 Å². The second kappa shape index (κ2) is 6.01. The summed E-state index contributed by atoms with van der Waals surface area (Å²) >= 11 is 9.54. The third kappa shape index (κ3) is 2.97. The Morgan fingerprint density at radius 3 is 2.81 bits per heavy atom. The van der Waals surface area contributed by atoms with E-state index in [2.05, 4.69) is 27.4 Å². The highest BCUT2D eigenvalue weighted by Crippen LogP contribution is 2.42. The number of rotatable bonds is 5. The van der Waals surface area contributed by atoms with E-state index in [-0.39, 0.29) is 0 Å². The van der Waals surface area contributed by atoms with Gasteiger partial charge in [-0.3, -0.25) is 0 Å². The van der Waals surface area contributed by atoms with Gasteiger partial charge in [0, 0.05) is 22.5 Å². The van der Waals surface area contributed by atoms with Crippen molar-refractivity contribution in [2.24, 2.45) is 0 Å². The molecule has 0 saturated heterocycles. The molecule has 21 heavy (non-hydrogen) atoms. The summed E-state index contributed by atoms with van der Waals surface area (Å²) in [5, 5.41) is 0.699. The van der Waals surface area contributed by atoms with Gasteiger partial charge in [0.15, 0.2) is 0 Å². The Hall–Kier alpha value is -1.00. The van der Waals surface area contributed by atoms with Crippen LogP contribution in [0.5, 0.6) is 0 Å². The van der Waals surface area contributed by atoms with Gasteiger partial charge in [0.25, 0.3) is 0 Å². The third-order valence-corrected chi connectivity index (χ3v) is 5.12. The number of imidazole rings is 1. The van der Waals surface area contributed by atoms with Crippen LogP contribution in [0.1, 0.15) is 44.3 Å². The molecule has 0 bridgehead atoms. The zero-order valence-corrected chi connectivity index (χ0v) is 14.4. The number of hydrogen-bond acceptors (Lipinski definition) is 2. The van der Waals surface area contributed by atoms with Crippen molar-refractivity contribution in [3.05, 3.63) is 33.5 Å². The smallest absolute Gasteiger partial charge is 0.131 e. The van der Waals surface area contributed by atoms with Gasteiger partial charge in [-0.25, -0.2) is 4.98 Å². The van der Waals surface area contributed by atoms with E-state index in [0.717, 1.165) is 46.8 Å². The predicted octanol–water partition coefficient (Wildman–Crippen LogP) is 5.23. The van der Waals surface area contributed by atoms with Crippen molar-refractivity contribution < 1.29 is 0 Å². The van der Waals surface area contributed by atoms with Crippen LogP contribution in [-0.2, 0) is 6.54 Å². The molecule has 0 radical (unpaired) electrons. The Bertz CT molecular complexity index is 662. The number of nitrogens with zero attached hydrogens (tertiary/aromatic N) is 2. The summed E-state index contributed by atoms with van der Waals surface area (Å²) < 4.78 is 3.08. The SMILES string of the molecule is CCCCn1c(C2CC2)nc(-c2ccc(Cl)c(Br)c2)c1N. The molecule has 2 N–H and O–H groups in total. The van der Waals surface area contributed by atoms with Gasteiger partial charge >= 0.3 is 0 Å². The molecule has 1 saturated carbocycles. The number of nitrogens with two attached hydrogens (primary N) is 1. The molecule has 3 nitrogen and oxygen atoms in total. The number of benzene rings is 1. The van der Waals surface area contributed by atoms with Crippen LogP contribution in [0, 0.1) is 0 Å². The number of aromatic nitrogens is 2. The van der Waals surface area contributed by atoms with Crippen molar-refractivity contribution in [1.29, 1.82) is 0 Å². The van der Waals surface area contributed by atoms with Crippen molar-refractivity contribution in [2.45, 2.75) is 45.1 Å². The van der Waals surface area contributed by atoms with Crippen LogP contribution in [0.15, 0.2) is 22.7 Å². The minimum Gasteiger partial charge on any atom is -0.383 e. The molecule has 0 atom stereocenters. The monoisotopic (exact) mass is 367 g/mol. The molecule has 0 spiro atoms. The fourth-order valence-electron chi connectivity index (χ4n) is 2.54. The lowest BCUT2D eigenvalue weighted by molar-refractivity contribution is 0.609. The van der Waals surface area contributed by atoms with Crippen molar-refractivity contribution >= 4 is 33.3 Å². The van der Waals surface area contributed by atoms with Gasteiger partial charge in [-0.2, -0.15) is 0 Å². The maximum atomic E-state index is 6.38. The largest absolute Gasteiger partial charge is 0.383 e. The Kier molecular flexibility index (Phi) is 4.27. The molecule has 5 heteroatoms.